The fraction of sp³-hybridized carbons (Fsp3) is 0. The van der Waals surface area contributed by atoms with E-state index in [1.165, 1.54) is 12.3 Å². The number of furan rings is 1. The van der Waals surface area contributed by atoms with Crippen LogP contribution in [0.4, 0.5) is 11.4 Å². The number of anilines is 1. The van der Waals surface area contributed by atoms with Crippen molar-refractivity contribution >= 4 is 39.4 Å². The first-order chi connectivity index (χ1) is 13.0. The Hall–Kier alpha value is -3.46. The van der Waals surface area contributed by atoms with Gasteiger partial charge >= 0.3 is 0 Å². The fourth-order valence-electron chi connectivity index (χ4n) is 2.35. The summed E-state index contributed by atoms with van der Waals surface area (Å²) in [6.07, 6.45) is 1.30. The first-order valence-corrected chi connectivity index (χ1v) is 8.47. The maximum absolute atomic E-state index is 12.0. The number of rotatable bonds is 5. The third-order valence-corrected chi connectivity index (χ3v) is 4.11. The molecule has 0 unspecified atom stereocenters. The van der Waals surface area contributed by atoms with E-state index in [4.69, 9.17) is 10.2 Å². The Bertz CT molecular complexity index is 1050. The second-order valence-corrected chi connectivity index (χ2v) is 6.32. The number of amides is 1. The quantitative estimate of drug-likeness (QED) is 0.275. The molecule has 0 spiro atoms. The minimum absolute atomic E-state index is 0.0879. The number of hydrogen-bond acceptors (Lipinski definition) is 6. The second-order valence-electron chi connectivity index (χ2n) is 5.41. The molecule has 3 N–H and O–H groups in total. The van der Waals surface area contributed by atoms with Crippen molar-refractivity contribution in [2.45, 2.75) is 0 Å². The van der Waals surface area contributed by atoms with Crippen molar-refractivity contribution in [3.05, 3.63) is 80.5 Å². The summed E-state index contributed by atoms with van der Waals surface area (Å²) in [5, 5.41) is 15.0. The van der Waals surface area contributed by atoms with E-state index in [1.54, 1.807) is 48.5 Å². The van der Waals surface area contributed by atoms with E-state index < -0.39 is 10.8 Å². The Morgan fingerprint density at radius 1 is 1.22 bits per heavy atom. The molecule has 0 fully saturated rings. The maximum Gasteiger partial charge on any atom is 0.281 e. The molecule has 3 rings (SSSR count). The average Bonchev–Trinajstić information content (AvgIpc) is 3.10. The van der Waals surface area contributed by atoms with E-state index in [9.17, 15) is 14.9 Å². The monoisotopic (exact) mass is 428 g/mol. The molecule has 1 amide bonds. The van der Waals surface area contributed by atoms with Crippen LogP contribution in [0.15, 0.2) is 68.6 Å². The Labute approximate surface area is 162 Å². The topological polar surface area (TPSA) is 124 Å². The van der Waals surface area contributed by atoms with Gasteiger partial charge < -0.3 is 10.2 Å². The highest BCUT2D eigenvalue weighted by Gasteiger charge is 2.18. The lowest BCUT2D eigenvalue weighted by atomic mass is 10.1. The lowest BCUT2D eigenvalue weighted by molar-refractivity contribution is -0.384. The summed E-state index contributed by atoms with van der Waals surface area (Å²) in [5.41, 5.74) is 8.98. The fourth-order valence-corrected chi connectivity index (χ4v) is 2.70. The predicted molar refractivity (Wildman–Crippen MR) is 104 cm³/mol. The zero-order chi connectivity index (χ0) is 19.4. The molecule has 9 heteroatoms. The van der Waals surface area contributed by atoms with E-state index in [1.807, 2.05) is 0 Å². The Kier molecular flexibility index (Phi) is 5.32. The summed E-state index contributed by atoms with van der Waals surface area (Å²) in [7, 11) is 0. The van der Waals surface area contributed by atoms with Gasteiger partial charge in [0.15, 0.2) is 0 Å². The van der Waals surface area contributed by atoms with Gasteiger partial charge in [-0.25, -0.2) is 5.43 Å². The number of halogens is 1. The molecule has 0 saturated heterocycles. The highest BCUT2D eigenvalue weighted by Crippen LogP contribution is 2.33. The van der Waals surface area contributed by atoms with E-state index in [2.05, 4.69) is 26.5 Å². The number of nitrogens with two attached hydrogens (primary N) is 1. The molecule has 1 aromatic heterocycles. The van der Waals surface area contributed by atoms with Crippen LogP contribution >= 0.6 is 15.9 Å². The molecule has 1 heterocycles. The number of para-hydroxylation sites is 1. The lowest BCUT2D eigenvalue weighted by Gasteiger charge is -2.02. The third kappa shape index (κ3) is 4.21. The van der Waals surface area contributed by atoms with Gasteiger partial charge in [-0.1, -0.05) is 28.1 Å². The van der Waals surface area contributed by atoms with E-state index in [0.29, 0.717) is 32.8 Å². The smallest absolute Gasteiger partial charge is 0.281 e. The molecular formula is C18H13BrN4O4. The number of benzene rings is 2. The van der Waals surface area contributed by atoms with Crippen LogP contribution in [-0.2, 0) is 0 Å². The van der Waals surface area contributed by atoms with Crippen LogP contribution < -0.4 is 11.2 Å². The first-order valence-electron chi connectivity index (χ1n) is 7.68. The number of carbonyl (C=O) groups is 1. The van der Waals surface area contributed by atoms with Gasteiger partial charge in [-0.15, -0.1) is 0 Å². The van der Waals surface area contributed by atoms with Crippen LogP contribution in [0.5, 0.6) is 0 Å². The van der Waals surface area contributed by atoms with Gasteiger partial charge in [0, 0.05) is 16.2 Å². The number of hydrogen-bond donors (Lipinski definition) is 2. The highest BCUT2D eigenvalue weighted by molar-refractivity contribution is 9.10. The van der Waals surface area contributed by atoms with E-state index in [-0.39, 0.29) is 5.69 Å². The van der Waals surface area contributed by atoms with Crippen molar-refractivity contribution in [1.29, 1.82) is 0 Å². The molecule has 0 aliphatic carbocycles. The SMILES string of the molecule is Nc1ccccc1C(=O)NN=Cc1ccc(-c2ccc(Br)cc2[N+](=O)[O-])o1. The number of nitro groups is 1. The standard InChI is InChI=1S/C18H13BrN4O4/c19-11-5-7-14(16(9-11)23(25)26)17-8-6-12(27-17)10-21-22-18(24)13-3-1-2-4-15(13)20/h1-10H,20H2,(H,22,24). The van der Waals surface area contributed by atoms with Crippen LogP contribution in [0.3, 0.4) is 0 Å². The molecular weight excluding hydrogens is 416 g/mol. The molecule has 3 aromatic rings. The summed E-state index contributed by atoms with van der Waals surface area (Å²) in [5.74, 6) is 0.178. The summed E-state index contributed by atoms with van der Waals surface area (Å²) in [6.45, 7) is 0. The van der Waals surface area contributed by atoms with Gasteiger partial charge in [-0.2, -0.15) is 5.10 Å². The number of carbonyl (C=O) groups excluding carboxylic acids is 1. The van der Waals surface area contributed by atoms with Crippen LogP contribution in [-0.4, -0.2) is 17.0 Å². The van der Waals surface area contributed by atoms with E-state index in [0.717, 1.165) is 0 Å². The van der Waals surface area contributed by atoms with Crippen molar-refractivity contribution < 1.29 is 14.1 Å². The number of nitrogens with one attached hydrogen (secondary N) is 1. The lowest BCUT2D eigenvalue weighted by Crippen LogP contribution is -2.18. The summed E-state index contributed by atoms with van der Waals surface area (Å²) < 4.78 is 6.16. The average molecular weight is 429 g/mol. The van der Waals surface area contributed by atoms with Gasteiger partial charge in [0.1, 0.15) is 11.5 Å². The Balaban J connectivity index is 1.75. The minimum Gasteiger partial charge on any atom is -0.455 e. The number of nitrogens with zero attached hydrogens (tertiary/aromatic N) is 2. The van der Waals surface area contributed by atoms with Gasteiger partial charge in [-0.05, 0) is 36.4 Å². The van der Waals surface area contributed by atoms with Crippen molar-refractivity contribution in [3.8, 4) is 11.3 Å². The molecule has 0 radical (unpaired) electrons. The van der Waals surface area contributed by atoms with Crippen molar-refractivity contribution in [2.24, 2.45) is 5.10 Å². The minimum atomic E-state index is -0.485. The second kappa shape index (κ2) is 7.83. The predicted octanol–water partition coefficient (Wildman–Crippen LogP) is 3.96. The maximum atomic E-state index is 12.0. The van der Waals surface area contributed by atoms with Crippen LogP contribution in [0, 0.1) is 10.1 Å². The van der Waals surface area contributed by atoms with Crippen LogP contribution in [0.25, 0.3) is 11.3 Å². The largest absolute Gasteiger partial charge is 0.455 e. The number of nitro benzene ring substituents is 1. The Morgan fingerprint density at radius 3 is 2.74 bits per heavy atom. The molecule has 0 aliphatic rings. The van der Waals surface area contributed by atoms with Crippen molar-refractivity contribution in [2.75, 3.05) is 5.73 Å². The molecule has 0 bridgehead atoms. The van der Waals surface area contributed by atoms with Gasteiger partial charge in [-0.3, -0.25) is 14.9 Å². The van der Waals surface area contributed by atoms with E-state index >= 15 is 0 Å². The first kappa shape index (κ1) is 18.3. The third-order valence-electron chi connectivity index (χ3n) is 3.61. The van der Waals surface area contributed by atoms with Gasteiger partial charge in [0.2, 0.25) is 0 Å². The summed E-state index contributed by atoms with van der Waals surface area (Å²) in [6, 6.07) is 14.5. The molecule has 0 aliphatic heterocycles. The summed E-state index contributed by atoms with van der Waals surface area (Å²) >= 11 is 3.21. The van der Waals surface area contributed by atoms with Crippen LogP contribution in [0.2, 0.25) is 0 Å². The molecule has 136 valence electrons. The van der Waals surface area contributed by atoms with Gasteiger partial charge in [0.05, 0.1) is 22.3 Å². The molecule has 2 aromatic carbocycles. The summed E-state index contributed by atoms with van der Waals surface area (Å²) in [4.78, 5) is 22.8. The van der Waals surface area contributed by atoms with Crippen molar-refractivity contribution in [1.82, 2.24) is 5.43 Å². The molecule has 0 atom stereocenters. The number of hydrazone groups is 1. The van der Waals surface area contributed by atoms with Gasteiger partial charge in [0.25, 0.3) is 11.6 Å². The Morgan fingerprint density at radius 2 is 2.00 bits per heavy atom. The normalized spacial score (nSPS) is 10.9. The zero-order valence-electron chi connectivity index (χ0n) is 13.8. The molecule has 8 nitrogen and oxygen atoms in total. The zero-order valence-corrected chi connectivity index (χ0v) is 15.3. The number of nitrogen functional groups attached to an aromatic ring is 1. The molecule has 27 heavy (non-hydrogen) atoms. The molecule has 0 saturated carbocycles. The van der Waals surface area contributed by atoms with Crippen LogP contribution in [0.1, 0.15) is 16.1 Å². The highest BCUT2D eigenvalue weighted by atomic mass is 79.9. The van der Waals surface area contributed by atoms with Crippen molar-refractivity contribution in [3.63, 3.8) is 0 Å².